The standard InChI is InChI=1S/C28H23N3O4S/c1-15-22-26(29-14-30-27(22)36-25(15)28(34)35-17-7-3-2-4-8-17)31-16-11-12-20-21(13-16)24(33)19-10-6-5-9-18(19)23(20)32/h5-6,9-14,17H,2-4,7-8H2,1H3,(H,29,30,31). The van der Waals surface area contributed by atoms with E-state index < -0.39 is 0 Å². The molecule has 1 saturated carbocycles. The van der Waals surface area contributed by atoms with Crippen LogP contribution in [0.2, 0.25) is 0 Å². The summed E-state index contributed by atoms with van der Waals surface area (Å²) in [6, 6.07) is 12.0. The van der Waals surface area contributed by atoms with Crippen LogP contribution in [0.5, 0.6) is 0 Å². The fourth-order valence-corrected chi connectivity index (χ4v) is 6.09. The highest BCUT2D eigenvalue weighted by Crippen LogP contribution is 2.36. The molecule has 180 valence electrons. The van der Waals surface area contributed by atoms with E-state index in [1.54, 1.807) is 42.5 Å². The molecule has 0 aliphatic heterocycles. The average molecular weight is 498 g/mol. The van der Waals surface area contributed by atoms with E-state index in [0.717, 1.165) is 36.6 Å². The molecule has 2 aliphatic carbocycles. The summed E-state index contributed by atoms with van der Waals surface area (Å²) in [6.07, 6.45) is 6.60. The first kappa shape index (κ1) is 22.5. The Balaban J connectivity index is 1.32. The molecule has 0 radical (unpaired) electrons. The molecule has 0 saturated heterocycles. The van der Waals surface area contributed by atoms with Gasteiger partial charge in [0.2, 0.25) is 0 Å². The number of anilines is 2. The molecule has 6 rings (SSSR count). The number of nitrogens with one attached hydrogen (secondary N) is 1. The summed E-state index contributed by atoms with van der Waals surface area (Å²) in [5, 5.41) is 4.01. The maximum atomic E-state index is 13.1. The van der Waals surface area contributed by atoms with Gasteiger partial charge in [-0.1, -0.05) is 30.7 Å². The maximum Gasteiger partial charge on any atom is 0.348 e. The van der Waals surface area contributed by atoms with E-state index in [9.17, 15) is 14.4 Å². The number of nitrogens with zero attached hydrogens (tertiary/aromatic N) is 2. The minimum absolute atomic E-state index is 0.0274. The highest BCUT2D eigenvalue weighted by atomic mass is 32.1. The molecule has 7 nitrogen and oxygen atoms in total. The lowest BCUT2D eigenvalue weighted by Gasteiger charge is -2.21. The van der Waals surface area contributed by atoms with Crippen molar-refractivity contribution in [1.82, 2.24) is 9.97 Å². The van der Waals surface area contributed by atoms with Crippen LogP contribution in [0.1, 0.15) is 79.2 Å². The molecule has 2 aliphatic rings. The lowest BCUT2D eigenvalue weighted by atomic mass is 9.84. The molecule has 0 spiro atoms. The van der Waals surface area contributed by atoms with Gasteiger partial charge in [-0.15, -0.1) is 11.3 Å². The van der Waals surface area contributed by atoms with E-state index in [2.05, 4.69) is 15.3 Å². The molecule has 0 amide bonds. The summed E-state index contributed by atoms with van der Waals surface area (Å²) in [5.41, 5.74) is 2.95. The smallest absolute Gasteiger partial charge is 0.348 e. The number of aromatic nitrogens is 2. The number of rotatable bonds is 4. The molecular formula is C28H23N3O4S. The van der Waals surface area contributed by atoms with Crippen molar-refractivity contribution in [2.75, 3.05) is 5.32 Å². The highest BCUT2D eigenvalue weighted by molar-refractivity contribution is 7.20. The number of fused-ring (bicyclic) bond motifs is 3. The molecule has 1 N–H and O–H groups in total. The molecule has 2 aromatic carbocycles. The number of aryl methyl sites for hydroxylation is 1. The molecule has 0 unspecified atom stereocenters. The summed E-state index contributed by atoms with van der Waals surface area (Å²) < 4.78 is 5.79. The molecule has 4 aromatic rings. The van der Waals surface area contributed by atoms with Crippen LogP contribution in [0.4, 0.5) is 11.5 Å². The Bertz CT molecular complexity index is 1550. The number of thiophene rings is 1. The first-order chi connectivity index (χ1) is 17.5. The van der Waals surface area contributed by atoms with E-state index in [4.69, 9.17) is 4.74 Å². The zero-order valence-corrected chi connectivity index (χ0v) is 20.5. The molecule has 0 atom stereocenters. The third-order valence-corrected chi connectivity index (χ3v) is 8.11. The molecule has 1 fully saturated rings. The lowest BCUT2D eigenvalue weighted by molar-refractivity contribution is 0.0216. The number of ketones is 2. The van der Waals surface area contributed by atoms with Gasteiger partial charge in [-0.2, -0.15) is 0 Å². The van der Waals surface area contributed by atoms with Gasteiger partial charge in [-0.3, -0.25) is 9.59 Å². The van der Waals surface area contributed by atoms with Crippen LogP contribution in [-0.4, -0.2) is 33.6 Å². The Morgan fingerprint density at radius 1 is 0.944 bits per heavy atom. The number of benzene rings is 2. The molecule has 36 heavy (non-hydrogen) atoms. The predicted octanol–water partition coefficient (Wildman–Crippen LogP) is 6.01. The van der Waals surface area contributed by atoms with Gasteiger partial charge in [-0.25, -0.2) is 14.8 Å². The van der Waals surface area contributed by atoms with Crippen LogP contribution < -0.4 is 5.32 Å². The third kappa shape index (κ3) is 3.78. The van der Waals surface area contributed by atoms with Gasteiger partial charge < -0.3 is 10.1 Å². The number of ether oxygens (including phenoxy) is 1. The summed E-state index contributed by atoms with van der Waals surface area (Å²) in [4.78, 5) is 49.0. The van der Waals surface area contributed by atoms with Gasteiger partial charge in [0.25, 0.3) is 0 Å². The van der Waals surface area contributed by atoms with Crippen molar-refractivity contribution in [3.63, 3.8) is 0 Å². The van der Waals surface area contributed by atoms with Crippen LogP contribution in [0.3, 0.4) is 0 Å². The van der Waals surface area contributed by atoms with Crippen molar-refractivity contribution in [3.05, 3.63) is 81.5 Å². The highest BCUT2D eigenvalue weighted by Gasteiger charge is 2.30. The van der Waals surface area contributed by atoms with Crippen molar-refractivity contribution in [1.29, 1.82) is 0 Å². The van der Waals surface area contributed by atoms with Crippen LogP contribution in [0, 0.1) is 6.92 Å². The van der Waals surface area contributed by atoms with Crippen molar-refractivity contribution >= 4 is 50.6 Å². The monoisotopic (exact) mass is 497 g/mol. The normalized spacial score (nSPS) is 15.5. The van der Waals surface area contributed by atoms with Gasteiger partial charge in [0.05, 0.1) is 5.39 Å². The quantitative estimate of drug-likeness (QED) is 0.304. The van der Waals surface area contributed by atoms with Crippen LogP contribution in [0.25, 0.3) is 10.2 Å². The molecule has 2 heterocycles. The number of hydrogen-bond donors (Lipinski definition) is 1. The minimum atomic E-state index is -0.315. The van der Waals surface area contributed by atoms with E-state index in [1.807, 2.05) is 6.92 Å². The Kier molecular flexibility index (Phi) is 5.60. The van der Waals surface area contributed by atoms with E-state index >= 15 is 0 Å². The fraction of sp³-hybridized carbons (Fsp3) is 0.250. The molecule has 8 heteroatoms. The Morgan fingerprint density at radius 3 is 2.39 bits per heavy atom. The van der Waals surface area contributed by atoms with Gasteiger partial charge >= 0.3 is 5.97 Å². The Morgan fingerprint density at radius 2 is 1.64 bits per heavy atom. The topological polar surface area (TPSA) is 98.2 Å². The van der Waals surface area contributed by atoms with Gasteiger partial charge in [0.15, 0.2) is 11.6 Å². The van der Waals surface area contributed by atoms with Crippen molar-refractivity contribution < 1.29 is 19.1 Å². The summed E-state index contributed by atoms with van der Waals surface area (Å²) >= 11 is 1.30. The Hall–Kier alpha value is -3.91. The van der Waals surface area contributed by atoms with Gasteiger partial charge in [-0.05, 0) is 56.4 Å². The summed E-state index contributed by atoms with van der Waals surface area (Å²) in [6.45, 7) is 1.87. The van der Waals surface area contributed by atoms with E-state index in [-0.39, 0.29) is 23.6 Å². The van der Waals surface area contributed by atoms with E-state index in [1.165, 1.54) is 24.1 Å². The zero-order valence-electron chi connectivity index (χ0n) is 19.7. The first-order valence-corrected chi connectivity index (χ1v) is 12.9. The number of carbonyl (C=O) groups excluding carboxylic acids is 3. The lowest BCUT2D eigenvalue weighted by Crippen LogP contribution is -2.20. The molecule has 2 aromatic heterocycles. The first-order valence-electron chi connectivity index (χ1n) is 12.1. The molecular weight excluding hydrogens is 474 g/mol. The largest absolute Gasteiger partial charge is 0.458 e. The zero-order chi connectivity index (χ0) is 24.8. The second-order valence-corrected chi connectivity index (χ2v) is 10.2. The summed E-state index contributed by atoms with van der Waals surface area (Å²) in [7, 11) is 0. The SMILES string of the molecule is Cc1c(C(=O)OC2CCCCC2)sc2ncnc(Nc3ccc4c(c3)C(=O)c3ccccc3C4=O)c12. The maximum absolute atomic E-state index is 13.1. The number of carbonyl (C=O) groups is 3. The fourth-order valence-electron chi connectivity index (χ4n) is 5.06. The van der Waals surface area contributed by atoms with Crippen LogP contribution >= 0.6 is 11.3 Å². The van der Waals surface area contributed by atoms with Crippen molar-refractivity contribution in [3.8, 4) is 0 Å². The van der Waals surface area contributed by atoms with Crippen LogP contribution in [0.15, 0.2) is 48.8 Å². The van der Waals surface area contributed by atoms with Crippen molar-refractivity contribution in [2.24, 2.45) is 0 Å². The van der Waals surface area contributed by atoms with Gasteiger partial charge in [0.1, 0.15) is 28.0 Å². The van der Waals surface area contributed by atoms with Gasteiger partial charge in [0, 0.05) is 27.9 Å². The van der Waals surface area contributed by atoms with Crippen LogP contribution in [-0.2, 0) is 4.74 Å². The van der Waals surface area contributed by atoms with Crippen molar-refractivity contribution in [2.45, 2.75) is 45.1 Å². The molecule has 0 bridgehead atoms. The number of hydrogen-bond acceptors (Lipinski definition) is 8. The third-order valence-electron chi connectivity index (χ3n) is 6.93. The minimum Gasteiger partial charge on any atom is -0.458 e. The van der Waals surface area contributed by atoms with E-state index in [0.29, 0.717) is 43.5 Å². The second-order valence-electron chi connectivity index (χ2n) is 9.21. The average Bonchev–Trinajstić information content (AvgIpc) is 3.25. The summed E-state index contributed by atoms with van der Waals surface area (Å²) in [5.74, 6) is -0.132. The second kappa shape index (κ2) is 8.95. The number of esters is 1. The Labute approximate surface area is 211 Å². The predicted molar refractivity (Wildman–Crippen MR) is 137 cm³/mol.